The molecule has 0 N–H and O–H groups in total. The highest BCUT2D eigenvalue weighted by Gasteiger charge is 2.41. The van der Waals surface area contributed by atoms with Gasteiger partial charge in [0.2, 0.25) is 5.71 Å². The van der Waals surface area contributed by atoms with Crippen LogP contribution in [0.2, 0.25) is 0 Å². The molecule has 0 saturated carbocycles. The summed E-state index contributed by atoms with van der Waals surface area (Å²) < 4.78 is 56.7. The van der Waals surface area contributed by atoms with Crippen molar-refractivity contribution >= 4 is 34.8 Å². The van der Waals surface area contributed by atoms with E-state index >= 15 is 0 Å². The van der Waals surface area contributed by atoms with Gasteiger partial charge in [0.15, 0.2) is 11.8 Å². The van der Waals surface area contributed by atoms with Crippen molar-refractivity contribution in [3.63, 3.8) is 0 Å². The number of rotatable bonds is 2. The molecule has 1 aliphatic rings. The van der Waals surface area contributed by atoms with E-state index in [1.807, 2.05) is 36.4 Å². The summed E-state index contributed by atoms with van der Waals surface area (Å²) in [5, 5.41) is 0.632. The number of benzene rings is 1. The van der Waals surface area contributed by atoms with Crippen molar-refractivity contribution in [2.75, 3.05) is 7.05 Å². The summed E-state index contributed by atoms with van der Waals surface area (Å²) in [6, 6.07) is 14.8. The van der Waals surface area contributed by atoms with E-state index in [2.05, 4.69) is 4.98 Å². The molecule has 0 saturated heterocycles. The number of pyridine rings is 2. The molecule has 142 valence electrons. The minimum atomic E-state index is -2.36. The first-order valence-electron chi connectivity index (χ1n) is 12.4. The highest BCUT2D eigenvalue weighted by molar-refractivity contribution is 6.82. The van der Waals surface area contributed by atoms with Gasteiger partial charge in [-0.3, -0.25) is 0 Å². The fraction of sp³-hybridized carbons (Fsp3) is 0.167. The third kappa shape index (κ3) is 2.77. The van der Waals surface area contributed by atoms with E-state index in [-0.39, 0.29) is 11.1 Å². The highest BCUT2D eigenvalue weighted by atomic mass is 16.3. The Bertz CT molecular complexity index is 1460. The van der Waals surface area contributed by atoms with Gasteiger partial charge in [-0.05, 0) is 55.8 Å². The Morgan fingerprint density at radius 1 is 1.14 bits per heavy atom. The van der Waals surface area contributed by atoms with E-state index in [9.17, 15) is 0 Å². The van der Waals surface area contributed by atoms with Crippen LogP contribution in [0.15, 0.2) is 71.5 Å². The van der Waals surface area contributed by atoms with Crippen molar-refractivity contribution in [3.05, 3.63) is 78.3 Å². The second kappa shape index (κ2) is 6.62. The average Bonchev–Trinajstić information content (AvgIpc) is 3.17. The van der Waals surface area contributed by atoms with Gasteiger partial charge in [0.25, 0.3) is 0 Å². The van der Waals surface area contributed by atoms with Crippen LogP contribution < -0.4 is 15.8 Å². The number of allylic oxidation sites excluding steroid dienone is 1. The lowest BCUT2D eigenvalue weighted by Crippen LogP contribution is -2.65. The number of nitrogens with zero attached hydrogens (tertiary/aromatic N) is 3. The quantitative estimate of drug-likeness (QED) is 0.392. The van der Waals surface area contributed by atoms with Gasteiger partial charge in [-0.25, -0.2) is 9.55 Å². The van der Waals surface area contributed by atoms with Gasteiger partial charge >= 0.3 is 6.85 Å². The Balaban J connectivity index is 1.79. The first kappa shape index (κ1) is 12.3. The van der Waals surface area contributed by atoms with Crippen LogP contribution in [-0.2, 0) is 7.05 Å². The molecule has 1 aliphatic heterocycles. The number of fused-ring (bicyclic) bond motifs is 3. The maximum atomic E-state index is 8.13. The number of aromatic nitrogens is 2. The Morgan fingerprint density at radius 2 is 2.00 bits per heavy atom. The van der Waals surface area contributed by atoms with Crippen molar-refractivity contribution in [2.24, 2.45) is 7.05 Å². The molecule has 0 spiro atoms. The van der Waals surface area contributed by atoms with E-state index in [1.165, 1.54) is 0 Å². The molecule has 0 fully saturated rings. The maximum absolute atomic E-state index is 8.13. The van der Waals surface area contributed by atoms with Crippen molar-refractivity contribution in [2.45, 2.75) is 13.7 Å². The van der Waals surface area contributed by atoms with Gasteiger partial charge < -0.3 is 9.23 Å². The molecule has 0 aliphatic carbocycles. The second-order valence-electron chi connectivity index (χ2n) is 7.31. The van der Waals surface area contributed by atoms with E-state index in [4.69, 9.17) is 12.6 Å². The topological polar surface area (TPSA) is 33.2 Å². The zero-order valence-electron chi connectivity index (χ0n) is 22.2. The third-order valence-corrected chi connectivity index (χ3v) is 5.43. The molecule has 4 nitrogen and oxygen atoms in total. The first-order valence-corrected chi connectivity index (χ1v) is 9.38. The lowest BCUT2D eigenvalue weighted by atomic mass is 9.51. The van der Waals surface area contributed by atoms with Crippen LogP contribution in [0.25, 0.3) is 27.8 Å². The Hall–Kier alpha value is -3.34. The van der Waals surface area contributed by atoms with Crippen LogP contribution >= 0.6 is 0 Å². The molecule has 0 radical (unpaired) electrons. The van der Waals surface area contributed by atoms with E-state index in [1.54, 1.807) is 54.2 Å². The maximum Gasteiger partial charge on any atom is 0.443 e. The second-order valence-corrected chi connectivity index (χ2v) is 7.31. The smallest absolute Gasteiger partial charge is 0.443 e. The summed E-state index contributed by atoms with van der Waals surface area (Å²) in [7, 11) is 3.58. The first-order chi connectivity index (χ1) is 16.5. The fourth-order valence-electron chi connectivity index (χ4n) is 4.08. The third-order valence-electron chi connectivity index (χ3n) is 5.43. The minimum Gasteiger partial charge on any atom is -0.449 e. The van der Waals surface area contributed by atoms with E-state index in [0.717, 1.165) is 11.2 Å². The standard InChI is InChI=1S/C24H23BN3O/c1-16-14-27(3)21(13-20(16)18-9-6-5-7-10-18)25-23-22(17(2)15-28(25)4)19-11-8-12-26-24(19)29-23/h5-15H,1-4H3/q+1/i1D3,2D3. The molecule has 1 aromatic carbocycles. The highest BCUT2D eigenvalue weighted by Crippen LogP contribution is 2.28. The van der Waals surface area contributed by atoms with Crippen molar-refractivity contribution in [3.8, 4) is 11.1 Å². The summed E-state index contributed by atoms with van der Waals surface area (Å²) in [6.07, 6.45) is 4.86. The monoisotopic (exact) mass is 386 g/mol. The zero-order chi connectivity index (χ0) is 25.1. The predicted octanol–water partition coefficient (Wildman–Crippen LogP) is 3.04. The van der Waals surface area contributed by atoms with Gasteiger partial charge in [0, 0.05) is 37.0 Å². The van der Waals surface area contributed by atoms with E-state index in [0.29, 0.717) is 27.9 Å². The SMILES string of the molecule is [2H]C([2H])([2H])C1=CN(C)B(c2cc(-c3ccccc3)c(C([2H])([2H])[2H])c[n+]2C)c2oc3ncccc3c21. The number of hydrogen-bond donors (Lipinski definition) is 0. The van der Waals surface area contributed by atoms with Crippen LogP contribution in [0.3, 0.4) is 0 Å². The molecule has 29 heavy (non-hydrogen) atoms. The normalized spacial score (nSPS) is 17.5. The summed E-state index contributed by atoms with van der Waals surface area (Å²) in [4.78, 5) is 6.11. The Kier molecular flexibility index (Phi) is 2.80. The molecule has 4 heterocycles. The van der Waals surface area contributed by atoms with Crippen LogP contribution in [0.1, 0.15) is 26.2 Å². The van der Waals surface area contributed by atoms with Crippen LogP contribution in [-0.4, -0.2) is 23.7 Å². The van der Waals surface area contributed by atoms with Crippen molar-refractivity contribution in [1.29, 1.82) is 0 Å². The average molecular weight is 386 g/mol. The molecular formula is C24H23BN3O+. The number of hydrogen-bond acceptors (Lipinski definition) is 3. The van der Waals surface area contributed by atoms with Gasteiger partial charge in [-0.15, -0.1) is 0 Å². The molecule has 4 aromatic rings. The van der Waals surface area contributed by atoms with Gasteiger partial charge in [-0.2, -0.15) is 0 Å². The Labute approximate surface area is 179 Å². The zero-order valence-corrected chi connectivity index (χ0v) is 16.2. The molecular weight excluding hydrogens is 357 g/mol. The molecule has 0 unspecified atom stereocenters. The molecule has 0 atom stereocenters. The molecule has 0 bridgehead atoms. The van der Waals surface area contributed by atoms with Crippen LogP contribution in [0, 0.1) is 6.85 Å². The minimum absolute atomic E-state index is 0.183. The number of aryl methyl sites for hydroxylation is 2. The number of furan rings is 1. The fourth-order valence-corrected chi connectivity index (χ4v) is 4.08. The summed E-state index contributed by atoms with van der Waals surface area (Å²) in [5.41, 5.74) is 3.88. The summed E-state index contributed by atoms with van der Waals surface area (Å²) in [5.74, 6) is 0. The summed E-state index contributed by atoms with van der Waals surface area (Å²) >= 11 is 0. The van der Waals surface area contributed by atoms with Crippen LogP contribution in [0.4, 0.5) is 0 Å². The molecule has 5 rings (SSSR count). The van der Waals surface area contributed by atoms with Gasteiger partial charge in [0.05, 0.1) is 0 Å². The lowest BCUT2D eigenvalue weighted by molar-refractivity contribution is -0.654. The Morgan fingerprint density at radius 3 is 2.79 bits per heavy atom. The molecule has 3 aromatic heterocycles. The van der Waals surface area contributed by atoms with Crippen molar-refractivity contribution in [1.82, 2.24) is 9.79 Å². The van der Waals surface area contributed by atoms with Gasteiger partial charge in [0.1, 0.15) is 12.7 Å². The largest absolute Gasteiger partial charge is 0.449 e. The van der Waals surface area contributed by atoms with Gasteiger partial charge in [-0.1, -0.05) is 30.3 Å². The predicted molar refractivity (Wildman–Crippen MR) is 118 cm³/mol. The van der Waals surface area contributed by atoms with Crippen LogP contribution in [0.5, 0.6) is 0 Å². The lowest BCUT2D eigenvalue weighted by Gasteiger charge is -2.26. The van der Waals surface area contributed by atoms with E-state index < -0.39 is 20.6 Å². The summed E-state index contributed by atoms with van der Waals surface area (Å²) in [6.45, 7) is -5.17. The van der Waals surface area contributed by atoms with Crippen molar-refractivity contribution < 1.29 is 17.2 Å². The molecule has 5 heteroatoms. The molecule has 0 amide bonds.